The number of pyridine rings is 1. The standard InChI is InChI=1S/C17H19ClN2O/c1-2-20(13-14-6-9-19-10-7-14)11-8-17(21)15-4-3-5-16(18)12-15/h3-7,9-10,12H,2,8,11,13H2,1H3. The fraction of sp³-hybridized carbons (Fsp3) is 0.294. The Balaban J connectivity index is 1.89. The zero-order valence-electron chi connectivity index (χ0n) is 12.1. The quantitative estimate of drug-likeness (QED) is 0.729. The second-order valence-electron chi connectivity index (χ2n) is 4.91. The minimum absolute atomic E-state index is 0.130. The first-order valence-electron chi connectivity index (χ1n) is 7.09. The Morgan fingerprint density at radius 3 is 2.67 bits per heavy atom. The van der Waals surface area contributed by atoms with E-state index in [0.717, 1.165) is 19.6 Å². The van der Waals surface area contributed by atoms with Crippen LogP contribution < -0.4 is 0 Å². The number of ketones is 1. The Bertz CT molecular complexity index is 586. The first-order chi connectivity index (χ1) is 10.2. The highest BCUT2D eigenvalue weighted by molar-refractivity contribution is 6.31. The summed E-state index contributed by atoms with van der Waals surface area (Å²) in [5.41, 5.74) is 1.89. The molecule has 1 aromatic carbocycles. The minimum Gasteiger partial charge on any atom is -0.299 e. The summed E-state index contributed by atoms with van der Waals surface area (Å²) < 4.78 is 0. The van der Waals surface area contributed by atoms with Crippen molar-refractivity contribution in [1.82, 2.24) is 9.88 Å². The number of hydrogen-bond donors (Lipinski definition) is 0. The van der Waals surface area contributed by atoms with Crippen molar-refractivity contribution in [3.63, 3.8) is 0 Å². The van der Waals surface area contributed by atoms with E-state index < -0.39 is 0 Å². The molecular formula is C17H19ClN2O. The van der Waals surface area contributed by atoms with Gasteiger partial charge in [-0.25, -0.2) is 0 Å². The van der Waals surface area contributed by atoms with E-state index in [4.69, 9.17) is 11.6 Å². The van der Waals surface area contributed by atoms with Crippen LogP contribution in [-0.4, -0.2) is 28.8 Å². The largest absolute Gasteiger partial charge is 0.299 e. The lowest BCUT2D eigenvalue weighted by Crippen LogP contribution is -2.25. The van der Waals surface area contributed by atoms with Crippen LogP contribution in [-0.2, 0) is 6.54 Å². The van der Waals surface area contributed by atoms with Gasteiger partial charge in [0.15, 0.2) is 5.78 Å². The lowest BCUT2D eigenvalue weighted by molar-refractivity contribution is 0.0963. The number of aromatic nitrogens is 1. The Morgan fingerprint density at radius 1 is 1.24 bits per heavy atom. The fourth-order valence-corrected chi connectivity index (χ4v) is 2.35. The number of nitrogens with zero attached hydrogens (tertiary/aromatic N) is 2. The Kier molecular flexibility index (Phi) is 5.90. The molecule has 4 heteroatoms. The number of Topliss-reactive ketones (excluding diaryl/α,β-unsaturated/α-hetero) is 1. The third kappa shape index (κ3) is 4.96. The van der Waals surface area contributed by atoms with Crippen LogP contribution in [0, 0.1) is 0 Å². The number of carbonyl (C=O) groups excluding carboxylic acids is 1. The number of benzene rings is 1. The van der Waals surface area contributed by atoms with Crippen LogP contribution in [0.4, 0.5) is 0 Å². The molecular weight excluding hydrogens is 284 g/mol. The van der Waals surface area contributed by atoms with Gasteiger partial charge in [-0.15, -0.1) is 0 Å². The van der Waals surface area contributed by atoms with Crippen LogP contribution in [0.25, 0.3) is 0 Å². The molecule has 0 atom stereocenters. The third-order valence-corrected chi connectivity index (χ3v) is 3.64. The molecule has 0 amide bonds. The van der Waals surface area contributed by atoms with Crippen LogP contribution in [0.15, 0.2) is 48.8 Å². The van der Waals surface area contributed by atoms with E-state index >= 15 is 0 Å². The van der Waals surface area contributed by atoms with Crippen molar-refractivity contribution in [2.75, 3.05) is 13.1 Å². The summed E-state index contributed by atoms with van der Waals surface area (Å²) in [4.78, 5) is 18.4. The predicted molar refractivity (Wildman–Crippen MR) is 85.6 cm³/mol. The highest BCUT2D eigenvalue weighted by Crippen LogP contribution is 2.13. The molecule has 0 bridgehead atoms. The summed E-state index contributed by atoms with van der Waals surface area (Å²) in [5, 5.41) is 0.602. The summed E-state index contributed by atoms with van der Waals surface area (Å²) in [6.45, 7) is 4.59. The summed E-state index contributed by atoms with van der Waals surface area (Å²) in [6.07, 6.45) is 4.08. The van der Waals surface area contributed by atoms with Crippen molar-refractivity contribution in [1.29, 1.82) is 0 Å². The van der Waals surface area contributed by atoms with Crippen LogP contribution in [0.1, 0.15) is 29.3 Å². The number of carbonyl (C=O) groups is 1. The molecule has 0 aliphatic rings. The molecule has 0 saturated heterocycles. The summed E-state index contributed by atoms with van der Waals surface area (Å²) >= 11 is 5.92. The van der Waals surface area contributed by atoms with Gasteiger partial charge in [0.1, 0.15) is 0 Å². The molecule has 0 spiro atoms. The van der Waals surface area contributed by atoms with Crippen molar-refractivity contribution in [3.05, 3.63) is 64.9 Å². The molecule has 110 valence electrons. The smallest absolute Gasteiger partial charge is 0.164 e. The predicted octanol–water partition coefficient (Wildman–Crippen LogP) is 3.83. The number of halogens is 1. The Labute approximate surface area is 130 Å². The first kappa shape index (κ1) is 15.7. The molecule has 0 aliphatic heterocycles. The van der Waals surface area contributed by atoms with E-state index in [0.29, 0.717) is 17.0 Å². The van der Waals surface area contributed by atoms with E-state index in [9.17, 15) is 4.79 Å². The van der Waals surface area contributed by atoms with Gasteiger partial charge < -0.3 is 0 Å². The average molecular weight is 303 g/mol. The molecule has 0 aliphatic carbocycles. The van der Waals surface area contributed by atoms with E-state index in [-0.39, 0.29) is 5.78 Å². The first-order valence-corrected chi connectivity index (χ1v) is 7.47. The molecule has 21 heavy (non-hydrogen) atoms. The highest BCUT2D eigenvalue weighted by Gasteiger charge is 2.10. The Hall–Kier alpha value is -1.71. The molecule has 2 rings (SSSR count). The van der Waals surface area contributed by atoms with Crippen molar-refractivity contribution in [3.8, 4) is 0 Å². The van der Waals surface area contributed by atoms with E-state index in [1.807, 2.05) is 24.3 Å². The molecule has 3 nitrogen and oxygen atoms in total. The fourth-order valence-electron chi connectivity index (χ4n) is 2.16. The molecule has 2 aromatic rings. The average Bonchev–Trinajstić information content (AvgIpc) is 2.52. The molecule has 0 N–H and O–H groups in total. The second-order valence-corrected chi connectivity index (χ2v) is 5.34. The molecule has 1 heterocycles. The topological polar surface area (TPSA) is 33.2 Å². The van der Waals surface area contributed by atoms with Crippen LogP contribution in [0.3, 0.4) is 0 Å². The van der Waals surface area contributed by atoms with E-state index in [2.05, 4.69) is 16.8 Å². The molecule has 0 fully saturated rings. The molecule has 0 unspecified atom stereocenters. The van der Waals surface area contributed by atoms with Gasteiger partial charge in [-0.1, -0.05) is 30.7 Å². The second kappa shape index (κ2) is 7.91. The van der Waals surface area contributed by atoms with Gasteiger partial charge in [0.2, 0.25) is 0 Å². The van der Waals surface area contributed by atoms with E-state index in [1.54, 1.807) is 24.5 Å². The summed E-state index contributed by atoms with van der Waals surface area (Å²) in [5.74, 6) is 0.130. The van der Waals surface area contributed by atoms with Crippen LogP contribution >= 0.6 is 11.6 Å². The maximum absolute atomic E-state index is 12.2. The SMILES string of the molecule is CCN(CCC(=O)c1cccc(Cl)c1)Cc1ccncc1. The monoisotopic (exact) mass is 302 g/mol. The van der Waals surface area contributed by atoms with Crippen molar-refractivity contribution >= 4 is 17.4 Å². The van der Waals surface area contributed by atoms with Gasteiger partial charge in [0, 0.05) is 42.5 Å². The van der Waals surface area contributed by atoms with Gasteiger partial charge in [0.05, 0.1) is 0 Å². The van der Waals surface area contributed by atoms with Gasteiger partial charge >= 0.3 is 0 Å². The molecule has 0 radical (unpaired) electrons. The van der Waals surface area contributed by atoms with Gasteiger partial charge in [-0.05, 0) is 36.4 Å². The molecule has 0 saturated carbocycles. The molecule has 1 aromatic heterocycles. The van der Waals surface area contributed by atoms with Crippen molar-refractivity contribution in [2.24, 2.45) is 0 Å². The maximum atomic E-state index is 12.2. The van der Waals surface area contributed by atoms with Crippen molar-refractivity contribution in [2.45, 2.75) is 19.9 Å². The van der Waals surface area contributed by atoms with Gasteiger partial charge in [0.25, 0.3) is 0 Å². The zero-order chi connectivity index (χ0) is 15.1. The van der Waals surface area contributed by atoms with Gasteiger partial charge in [-0.3, -0.25) is 14.7 Å². The maximum Gasteiger partial charge on any atom is 0.164 e. The van der Waals surface area contributed by atoms with Gasteiger partial charge in [-0.2, -0.15) is 0 Å². The van der Waals surface area contributed by atoms with E-state index in [1.165, 1.54) is 5.56 Å². The Morgan fingerprint density at radius 2 is 2.00 bits per heavy atom. The number of rotatable bonds is 7. The lowest BCUT2D eigenvalue weighted by Gasteiger charge is -2.20. The van der Waals surface area contributed by atoms with Crippen LogP contribution in [0.2, 0.25) is 5.02 Å². The lowest BCUT2D eigenvalue weighted by atomic mass is 10.1. The minimum atomic E-state index is 0.130. The number of hydrogen-bond acceptors (Lipinski definition) is 3. The highest BCUT2D eigenvalue weighted by atomic mass is 35.5. The third-order valence-electron chi connectivity index (χ3n) is 3.40. The summed E-state index contributed by atoms with van der Waals surface area (Å²) in [6, 6.07) is 11.1. The van der Waals surface area contributed by atoms with Crippen molar-refractivity contribution < 1.29 is 4.79 Å². The zero-order valence-corrected chi connectivity index (χ0v) is 12.9. The summed E-state index contributed by atoms with van der Waals surface area (Å²) in [7, 11) is 0. The normalized spacial score (nSPS) is 10.8. The van der Waals surface area contributed by atoms with Crippen LogP contribution in [0.5, 0.6) is 0 Å².